The molecule has 3 rings (SSSR count). The van der Waals surface area contributed by atoms with Crippen LogP contribution in [0.5, 0.6) is 0 Å². The molecule has 0 spiro atoms. The van der Waals surface area contributed by atoms with E-state index in [1.807, 2.05) is 37.3 Å². The Balaban J connectivity index is 1.46. The lowest BCUT2D eigenvalue weighted by molar-refractivity contribution is -0.149. The third-order valence-electron chi connectivity index (χ3n) is 4.54. The number of carbonyl (C=O) groups is 2. The van der Waals surface area contributed by atoms with E-state index >= 15 is 0 Å². The molecule has 5 nitrogen and oxygen atoms in total. The van der Waals surface area contributed by atoms with Crippen molar-refractivity contribution in [1.82, 2.24) is 5.32 Å². The van der Waals surface area contributed by atoms with Gasteiger partial charge in [-0.3, -0.25) is 9.59 Å². The molecule has 0 saturated heterocycles. The number of para-hydroxylation sites is 1. The largest absolute Gasteiger partial charge is 0.459 e. The third kappa shape index (κ3) is 4.16. The van der Waals surface area contributed by atoms with Crippen LogP contribution < -0.4 is 5.32 Å². The SMILES string of the molecule is C[C@H](NC(=O)COC(=O)CC1CCCC1)c1cc2ccccc2o1. The first-order valence-corrected chi connectivity index (χ1v) is 8.55. The molecule has 1 aromatic carbocycles. The number of esters is 1. The normalized spacial score (nSPS) is 16.2. The van der Waals surface area contributed by atoms with Crippen molar-refractivity contribution in [2.75, 3.05) is 6.61 Å². The lowest BCUT2D eigenvalue weighted by Crippen LogP contribution is -2.31. The molecule has 1 amide bonds. The molecule has 0 radical (unpaired) electrons. The van der Waals surface area contributed by atoms with Crippen molar-refractivity contribution in [2.24, 2.45) is 5.92 Å². The standard InChI is InChI=1S/C19H23NO4/c1-13(17-11-15-8-4-5-9-16(15)24-17)20-18(21)12-23-19(22)10-14-6-2-3-7-14/h4-5,8-9,11,13-14H,2-3,6-7,10,12H2,1H3,(H,20,21)/t13-/m0/s1. The van der Waals surface area contributed by atoms with Crippen molar-refractivity contribution in [1.29, 1.82) is 0 Å². The number of furan rings is 1. The average molecular weight is 329 g/mol. The summed E-state index contributed by atoms with van der Waals surface area (Å²) in [6.45, 7) is 1.60. The monoisotopic (exact) mass is 329 g/mol. The van der Waals surface area contributed by atoms with Crippen LogP contribution in [0.2, 0.25) is 0 Å². The minimum absolute atomic E-state index is 0.240. The number of benzene rings is 1. The van der Waals surface area contributed by atoms with Crippen LogP contribution >= 0.6 is 0 Å². The molecule has 128 valence electrons. The van der Waals surface area contributed by atoms with Gasteiger partial charge in [-0.05, 0) is 37.8 Å². The molecule has 0 unspecified atom stereocenters. The molecule has 1 N–H and O–H groups in total. The van der Waals surface area contributed by atoms with Gasteiger partial charge in [0.15, 0.2) is 6.61 Å². The number of hydrogen-bond donors (Lipinski definition) is 1. The fourth-order valence-corrected chi connectivity index (χ4v) is 3.23. The predicted molar refractivity (Wildman–Crippen MR) is 90.3 cm³/mol. The molecule has 1 atom stereocenters. The van der Waals surface area contributed by atoms with Gasteiger partial charge in [-0.25, -0.2) is 0 Å². The highest BCUT2D eigenvalue weighted by Crippen LogP contribution is 2.27. The Morgan fingerprint density at radius 3 is 2.79 bits per heavy atom. The number of fused-ring (bicyclic) bond motifs is 1. The minimum atomic E-state index is -0.317. The van der Waals surface area contributed by atoms with Gasteiger partial charge in [-0.2, -0.15) is 0 Å². The first-order chi connectivity index (χ1) is 11.6. The average Bonchev–Trinajstić information content (AvgIpc) is 3.21. The van der Waals surface area contributed by atoms with E-state index in [9.17, 15) is 9.59 Å². The van der Waals surface area contributed by atoms with E-state index in [4.69, 9.17) is 9.15 Å². The minimum Gasteiger partial charge on any atom is -0.459 e. The highest BCUT2D eigenvalue weighted by Gasteiger charge is 2.20. The molecule has 5 heteroatoms. The second-order valence-electron chi connectivity index (χ2n) is 6.49. The van der Waals surface area contributed by atoms with Crippen LogP contribution in [0.1, 0.15) is 50.8 Å². The van der Waals surface area contributed by atoms with Crippen molar-refractivity contribution < 1.29 is 18.7 Å². The zero-order valence-electron chi connectivity index (χ0n) is 13.9. The first kappa shape index (κ1) is 16.6. The summed E-state index contributed by atoms with van der Waals surface area (Å²) in [6, 6.07) is 9.32. The van der Waals surface area contributed by atoms with Crippen LogP contribution in [0, 0.1) is 5.92 Å². The van der Waals surface area contributed by atoms with Crippen LogP contribution in [0.15, 0.2) is 34.7 Å². The third-order valence-corrected chi connectivity index (χ3v) is 4.54. The van der Waals surface area contributed by atoms with Crippen LogP contribution in [-0.2, 0) is 14.3 Å². The van der Waals surface area contributed by atoms with E-state index in [1.54, 1.807) is 0 Å². The van der Waals surface area contributed by atoms with E-state index < -0.39 is 0 Å². The lowest BCUT2D eigenvalue weighted by atomic mass is 10.1. The van der Waals surface area contributed by atoms with Crippen molar-refractivity contribution in [2.45, 2.75) is 45.1 Å². The fraction of sp³-hybridized carbons (Fsp3) is 0.474. The maximum atomic E-state index is 12.0. The number of carbonyl (C=O) groups excluding carboxylic acids is 2. The Labute approximate surface area is 141 Å². The van der Waals surface area contributed by atoms with Gasteiger partial charge < -0.3 is 14.5 Å². The Morgan fingerprint density at radius 2 is 2.04 bits per heavy atom. The number of amides is 1. The molecular formula is C19H23NO4. The van der Waals surface area contributed by atoms with Crippen LogP contribution in [0.4, 0.5) is 0 Å². The Bertz CT molecular complexity index is 682. The molecule has 24 heavy (non-hydrogen) atoms. The zero-order chi connectivity index (χ0) is 16.9. The maximum Gasteiger partial charge on any atom is 0.306 e. The summed E-state index contributed by atoms with van der Waals surface area (Å²) in [7, 11) is 0. The Hall–Kier alpha value is -2.30. The van der Waals surface area contributed by atoms with Crippen LogP contribution in [0.25, 0.3) is 11.0 Å². The molecule has 1 heterocycles. The molecule has 1 fully saturated rings. The number of rotatable bonds is 6. The van der Waals surface area contributed by atoms with Gasteiger partial charge in [-0.15, -0.1) is 0 Å². The summed E-state index contributed by atoms with van der Waals surface area (Å²) in [6.07, 6.45) is 4.97. The van der Waals surface area contributed by atoms with Crippen molar-refractivity contribution in [3.05, 3.63) is 36.1 Å². The van der Waals surface area contributed by atoms with E-state index in [1.165, 1.54) is 12.8 Å². The van der Waals surface area contributed by atoms with Gasteiger partial charge in [0.05, 0.1) is 6.04 Å². The van der Waals surface area contributed by atoms with E-state index in [-0.39, 0.29) is 24.5 Å². The van der Waals surface area contributed by atoms with Crippen LogP contribution in [0.3, 0.4) is 0 Å². The zero-order valence-corrected chi connectivity index (χ0v) is 13.9. The number of ether oxygens (including phenoxy) is 1. The lowest BCUT2D eigenvalue weighted by Gasteiger charge is -2.12. The van der Waals surface area contributed by atoms with Gasteiger partial charge in [-0.1, -0.05) is 31.0 Å². The quantitative estimate of drug-likeness (QED) is 0.820. The topological polar surface area (TPSA) is 68.5 Å². The summed E-state index contributed by atoms with van der Waals surface area (Å²) in [5, 5.41) is 3.79. The number of nitrogens with one attached hydrogen (secondary N) is 1. The van der Waals surface area contributed by atoms with Gasteiger partial charge in [0.25, 0.3) is 5.91 Å². The maximum absolute atomic E-state index is 12.0. The molecule has 0 aliphatic heterocycles. The Kier molecular flexibility index (Phi) is 5.18. The Morgan fingerprint density at radius 1 is 1.29 bits per heavy atom. The molecule has 1 aromatic heterocycles. The fourth-order valence-electron chi connectivity index (χ4n) is 3.23. The first-order valence-electron chi connectivity index (χ1n) is 8.55. The second-order valence-corrected chi connectivity index (χ2v) is 6.49. The molecule has 0 bridgehead atoms. The van der Waals surface area contributed by atoms with Gasteiger partial charge in [0.1, 0.15) is 11.3 Å². The van der Waals surface area contributed by atoms with Crippen molar-refractivity contribution in [3.63, 3.8) is 0 Å². The summed E-state index contributed by atoms with van der Waals surface area (Å²) in [5.41, 5.74) is 0.789. The van der Waals surface area contributed by atoms with Gasteiger partial charge >= 0.3 is 5.97 Å². The predicted octanol–water partition coefficient (Wildman–Crippen LogP) is 3.73. The molecule has 2 aromatic rings. The highest BCUT2D eigenvalue weighted by molar-refractivity contribution is 5.81. The van der Waals surface area contributed by atoms with Gasteiger partial charge in [0.2, 0.25) is 0 Å². The molecular weight excluding hydrogens is 306 g/mol. The van der Waals surface area contributed by atoms with Gasteiger partial charge in [0, 0.05) is 11.8 Å². The molecule has 1 aliphatic rings. The van der Waals surface area contributed by atoms with Crippen molar-refractivity contribution in [3.8, 4) is 0 Å². The van der Waals surface area contributed by atoms with Crippen molar-refractivity contribution >= 4 is 22.8 Å². The summed E-state index contributed by atoms with van der Waals surface area (Å²) >= 11 is 0. The summed E-state index contributed by atoms with van der Waals surface area (Å²) in [5.74, 6) is 0.507. The van der Waals surface area contributed by atoms with E-state index in [0.29, 0.717) is 18.1 Å². The summed E-state index contributed by atoms with van der Waals surface area (Å²) < 4.78 is 10.8. The van der Waals surface area contributed by atoms with E-state index in [2.05, 4.69) is 5.32 Å². The highest BCUT2D eigenvalue weighted by atomic mass is 16.5. The second kappa shape index (κ2) is 7.51. The summed E-state index contributed by atoms with van der Waals surface area (Å²) in [4.78, 5) is 23.7. The smallest absolute Gasteiger partial charge is 0.306 e. The van der Waals surface area contributed by atoms with Crippen LogP contribution in [-0.4, -0.2) is 18.5 Å². The molecule has 1 aliphatic carbocycles. The number of hydrogen-bond acceptors (Lipinski definition) is 4. The van der Waals surface area contributed by atoms with E-state index in [0.717, 1.165) is 23.8 Å². The molecule has 1 saturated carbocycles.